The molecule has 0 bridgehead atoms. The zero-order valence-corrected chi connectivity index (χ0v) is 13.2. The summed E-state index contributed by atoms with van der Waals surface area (Å²) in [5, 5.41) is 5.14. The Hall–Kier alpha value is -2.22. The number of nitrogens with one attached hydrogen (secondary N) is 2. The lowest BCUT2D eigenvalue weighted by Gasteiger charge is -2.16. The van der Waals surface area contributed by atoms with Gasteiger partial charge in [0.25, 0.3) is 0 Å². The van der Waals surface area contributed by atoms with Gasteiger partial charge >= 0.3 is 12.0 Å². The van der Waals surface area contributed by atoms with E-state index in [2.05, 4.69) is 15.4 Å². The summed E-state index contributed by atoms with van der Waals surface area (Å²) in [5.74, 6) is -0.319. The van der Waals surface area contributed by atoms with Gasteiger partial charge in [0.2, 0.25) is 5.91 Å². The van der Waals surface area contributed by atoms with Crippen molar-refractivity contribution in [1.29, 1.82) is 0 Å². The molecule has 0 radical (unpaired) electrons. The van der Waals surface area contributed by atoms with Crippen molar-refractivity contribution in [3.05, 3.63) is 29.8 Å². The lowest BCUT2D eigenvalue weighted by Crippen LogP contribution is -2.44. The fourth-order valence-corrected chi connectivity index (χ4v) is 2.14. The van der Waals surface area contributed by atoms with Gasteiger partial charge in [0.05, 0.1) is 7.11 Å². The van der Waals surface area contributed by atoms with Gasteiger partial charge in [-0.05, 0) is 42.7 Å². The Labute approximate surface area is 133 Å². The number of nitrogens with two attached hydrogens (primary N) is 1. The van der Waals surface area contributed by atoms with E-state index in [4.69, 9.17) is 5.73 Å². The molecule has 8 heteroatoms. The quantitative estimate of drug-likeness (QED) is 0.652. The molecular formula is C14H19N3O4S. The average Bonchev–Trinajstić information content (AvgIpc) is 2.51. The second-order valence-electron chi connectivity index (χ2n) is 4.40. The van der Waals surface area contributed by atoms with Crippen molar-refractivity contribution in [2.24, 2.45) is 5.73 Å². The van der Waals surface area contributed by atoms with E-state index in [9.17, 15) is 14.4 Å². The molecular weight excluding hydrogens is 306 g/mol. The number of methoxy groups -OCH3 is 1. The van der Waals surface area contributed by atoms with E-state index >= 15 is 0 Å². The van der Waals surface area contributed by atoms with Crippen LogP contribution >= 0.6 is 11.8 Å². The molecule has 22 heavy (non-hydrogen) atoms. The molecule has 0 saturated heterocycles. The first-order chi connectivity index (χ1) is 10.5. The van der Waals surface area contributed by atoms with Crippen molar-refractivity contribution >= 4 is 35.4 Å². The molecule has 4 N–H and O–H groups in total. The highest BCUT2D eigenvalue weighted by molar-refractivity contribution is 7.98. The number of ether oxygens (including phenoxy) is 1. The molecule has 0 saturated carbocycles. The predicted molar refractivity (Wildman–Crippen MR) is 85.9 cm³/mol. The van der Waals surface area contributed by atoms with Crippen LogP contribution in [0.2, 0.25) is 0 Å². The number of esters is 1. The molecule has 120 valence electrons. The first-order valence-corrected chi connectivity index (χ1v) is 7.91. The Morgan fingerprint density at radius 3 is 2.41 bits per heavy atom. The van der Waals surface area contributed by atoms with Gasteiger partial charge in [-0.2, -0.15) is 11.8 Å². The van der Waals surface area contributed by atoms with Gasteiger partial charge in [-0.3, -0.25) is 4.79 Å². The minimum atomic E-state index is -0.706. The van der Waals surface area contributed by atoms with Crippen molar-refractivity contribution in [2.45, 2.75) is 12.5 Å². The lowest BCUT2D eigenvalue weighted by molar-refractivity contribution is -0.142. The van der Waals surface area contributed by atoms with Crippen molar-refractivity contribution < 1.29 is 19.1 Å². The van der Waals surface area contributed by atoms with Crippen LogP contribution in [0, 0.1) is 0 Å². The number of carbonyl (C=O) groups excluding carboxylic acids is 3. The van der Waals surface area contributed by atoms with Crippen LogP contribution in [0.15, 0.2) is 24.3 Å². The molecule has 0 aliphatic rings. The molecule has 0 fully saturated rings. The number of urea groups is 1. The van der Waals surface area contributed by atoms with Crippen LogP contribution in [0.3, 0.4) is 0 Å². The molecule has 1 atom stereocenters. The van der Waals surface area contributed by atoms with E-state index in [1.54, 1.807) is 23.9 Å². The molecule has 1 unspecified atom stereocenters. The fourth-order valence-electron chi connectivity index (χ4n) is 1.67. The second kappa shape index (κ2) is 8.93. The molecule has 0 aromatic heterocycles. The largest absolute Gasteiger partial charge is 0.467 e. The average molecular weight is 325 g/mol. The van der Waals surface area contributed by atoms with Crippen molar-refractivity contribution in [1.82, 2.24) is 5.32 Å². The summed E-state index contributed by atoms with van der Waals surface area (Å²) >= 11 is 1.57. The van der Waals surface area contributed by atoms with E-state index in [0.717, 1.165) is 0 Å². The summed E-state index contributed by atoms with van der Waals surface area (Å²) in [6.07, 6.45) is 2.39. The maximum Gasteiger partial charge on any atom is 0.328 e. The minimum absolute atomic E-state index is 0.346. The highest BCUT2D eigenvalue weighted by Gasteiger charge is 2.20. The molecule has 3 amide bonds. The maximum atomic E-state index is 11.9. The van der Waals surface area contributed by atoms with Gasteiger partial charge in [0.15, 0.2) is 0 Å². The van der Waals surface area contributed by atoms with Gasteiger partial charge in [-0.15, -0.1) is 0 Å². The molecule has 0 heterocycles. The van der Waals surface area contributed by atoms with Gasteiger partial charge < -0.3 is 21.1 Å². The zero-order valence-electron chi connectivity index (χ0n) is 12.4. The van der Waals surface area contributed by atoms with E-state index in [1.807, 2.05) is 6.26 Å². The van der Waals surface area contributed by atoms with Gasteiger partial charge in [0, 0.05) is 11.3 Å². The molecule has 7 nitrogen and oxygen atoms in total. The van der Waals surface area contributed by atoms with Crippen LogP contribution in [0.25, 0.3) is 0 Å². The highest BCUT2D eigenvalue weighted by atomic mass is 32.2. The first-order valence-electron chi connectivity index (χ1n) is 6.52. The van der Waals surface area contributed by atoms with Crippen molar-refractivity contribution in [3.8, 4) is 0 Å². The number of carbonyl (C=O) groups is 3. The van der Waals surface area contributed by atoms with Crippen LogP contribution in [0.4, 0.5) is 10.5 Å². The summed E-state index contributed by atoms with van der Waals surface area (Å²) in [4.78, 5) is 34.5. The number of amides is 3. The third-order valence-electron chi connectivity index (χ3n) is 2.83. The second-order valence-corrected chi connectivity index (χ2v) is 5.38. The van der Waals surface area contributed by atoms with Gasteiger partial charge in [0.1, 0.15) is 6.04 Å². The smallest absolute Gasteiger partial charge is 0.328 e. The lowest BCUT2D eigenvalue weighted by atomic mass is 10.2. The molecule has 1 rings (SSSR count). The predicted octanol–water partition coefficient (Wildman–Crippen LogP) is 1.20. The molecule has 0 aliphatic heterocycles. The Kier molecular flexibility index (Phi) is 7.24. The highest BCUT2D eigenvalue weighted by Crippen LogP contribution is 2.09. The van der Waals surface area contributed by atoms with E-state index < -0.39 is 23.9 Å². The third-order valence-corrected chi connectivity index (χ3v) is 3.47. The maximum absolute atomic E-state index is 11.9. The van der Waals surface area contributed by atoms with Crippen LogP contribution in [0.5, 0.6) is 0 Å². The molecule has 1 aromatic carbocycles. The summed E-state index contributed by atoms with van der Waals surface area (Å²) in [5.41, 5.74) is 5.96. The summed E-state index contributed by atoms with van der Waals surface area (Å²) < 4.78 is 4.66. The van der Waals surface area contributed by atoms with Gasteiger partial charge in [-0.25, -0.2) is 9.59 Å². The number of benzene rings is 1. The number of hydrogen-bond acceptors (Lipinski definition) is 5. The summed E-state index contributed by atoms with van der Waals surface area (Å²) in [6, 6.07) is 4.88. The van der Waals surface area contributed by atoms with E-state index in [1.165, 1.54) is 19.2 Å². The fraction of sp³-hybridized carbons (Fsp3) is 0.357. The third kappa shape index (κ3) is 5.65. The van der Waals surface area contributed by atoms with Crippen LogP contribution in [-0.2, 0) is 9.53 Å². The van der Waals surface area contributed by atoms with Crippen LogP contribution in [-0.4, -0.2) is 43.1 Å². The van der Waals surface area contributed by atoms with E-state index in [-0.39, 0.29) is 0 Å². The van der Waals surface area contributed by atoms with Crippen LogP contribution in [0.1, 0.15) is 16.8 Å². The van der Waals surface area contributed by atoms with Gasteiger partial charge in [-0.1, -0.05) is 0 Å². The number of rotatable bonds is 7. The number of thioether (sulfide) groups is 1. The normalized spacial score (nSPS) is 11.4. The van der Waals surface area contributed by atoms with Crippen molar-refractivity contribution in [2.75, 3.05) is 24.4 Å². The standard InChI is InChI=1S/C14H19N3O4S/c1-21-13(19)11(7-8-22-2)17-14(20)16-10-5-3-9(4-6-10)12(15)18/h3-6,11H,7-8H2,1-2H3,(H2,15,18)(H2,16,17,20). The topological polar surface area (TPSA) is 111 Å². The Morgan fingerprint density at radius 1 is 1.27 bits per heavy atom. The molecule has 1 aromatic rings. The summed E-state index contributed by atoms with van der Waals surface area (Å²) in [7, 11) is 1.27. The molecule has 0 aliphatic carbocycles. The zero-order chi connectivity index (χ0) is 16.5. The number of primary amides is 1. The monoisotopic (exact) mass is 325 g/mol. The Morgan fingerprint density at radius 2 is 1.91 bits per heavy atom. The SMILES string of the molecule is COC(=O)C(CCSC)NC(=O)Nc1ccc(C(N)=O)cc1. The molecule has 0 spiro atoms. The number of anilines is 1. The number of hydrogen-bond donors (Lipinski definition) is 3. The van der Waals surface area contributed by atoms with E-state index in [0.29, 0.717) is 23.4 Å². The summed E-state index contributed by atoms with van der Waals surface area (Å²) in [6.45, 7) is 0. The van der Waals surface area contributed by atoms with Crippen LogP contribution < -0.4 is 16.4 Å². The first kappa shape index (κ1) is 17.8. The Balaban J connectivity index is 2.62. The Bertz CT molecular complexity index is 533. The minimum Gasteiger partial charge on any atom is -0.467 e. The van der Waals surface area contributed by atoms with Crippen molar-refractivity contribution in [3.63, 3.8) is 0 Å².